The molecule has 0 unspecified atom stereocenters. The Bertz CT molecular complexity index is 1410. The van der Waals surface area contributed by atoms with Gasteiger partial charge in [-0.25, -0.2) is 9.97 Å². The average Bonchev–Trinajstić information content (AvgIpc) is 3.10. The summed E-state index contributed by atoms with van der Waals surface area (Å²) in [4.78, 5) is 9.66. The first-order valence-corrected chi connectivity index (χ1v) is 10.6. The first-order chi connectivity index (χ1) is 15.6. The van der Waals surface area contributed by atoms with E-state index < -0.39 is 0 Å². The summed E-state index contributed by atoms with van der Waals surface area (Å²) in [6.07, 6.45) is 2.89. The molecule has 158 valence electrons. The van der Waals surface area contributed by atoms with Gasteiger partial charge >= 0.3 is 0 Å². The van der Waals surface area contributed by atoms with Crippen molar-refractivity contribution in [1.29, 1.82) is 0 Å². The molecular formula is C27H23N3O2. The summed E-state index contributed by atoms with van der Waals surface area (Å²) in [5.41, 5.74) is 6.82. The molecule has 5 heteroatoms. The van der Waals surface area contributed by atoms with Crippen molar-refractivity contribution >= 4 is 5.65 Å². The quantitative estimate of drug-likeness (QED) is 0.404. The first kappa shape index (κ1) is 19.8. The van der Waals surface area contributed by atoms with E-state index >= 15 is 0 Å². The third-order valence-electron chi connectivity index (χ3n) is 5.53. The van der Waals surface area contributed by atoms with Crippen molar-refractivity contribution in [2.45, 2.75) is 19.8 Å². The average molecular weight is 422 g/mol. The summed E-state index contributed by atoms with van der Waals surface area (Å²) in [5, 5.41) is 21.0. The van der Waals surface area contributed by atoms with Crippen LogP contribution < -0.4 is 0 Å². The minimum absolute atomic E-state index is 0.111. The van der Waals surface area contributed by atoms with Gasteiger partial charge in [0.1, 0.15) is 11.4 Å². The molecule has 0 aliphatic heterocycles. The highest BCUT2D eigenvalue weighted by atomic mass is 16.3. The molecule has 5 rings (SSSR count). The Labute approximate surface area is 186 Å². The Hall–Kier alpha value is -4.12. The lowest BCUT2D eigenvalue weighted by Gasteiger charge is -2.09. The topological polar surface area (TPSA) is 70.7 Å². The van der Waals surface area contributed by atoms with Crippen LogP contribution in [-0.4, -0.2) is 24.6 Å². The van der Waals surface area contributed by atoms with Crippen molar-refractivity contribution in [2.75, 3.05) is 0 Å². The Kier molecular flexibility index (Phi) is 5.07. The Morgan fingerprint density at radius 1 is 0.750 bits per heavy atom. The number of phenols is 1. The number of fused-ring (bicyclic) bond motifs is 1. The molecule has 5 aromatic rings. The first-order valence-electron chi connectivity index (χ1n) is 10.6. The number of rotatable bonds is 5. The highest BCUT2D eigenvalue weighted by molar-refractivity contribution is 5.64. The molecule has 0 saturated carbocycles. The molecule has 0 spiro atoms. The number of nitrogens with zero attached hydrogens (tertiary/aromatic N) is 3. The molecule has 2 heterocycles. The van der Waals surface area contributed by atoms with E-state index in [9.17, 15) is 10.2 Å². The molecule has 0 amide bonds. The second kappa shape index (κ2) is 8.19. The summed E-state index contributed by atoms with van der Waals surface area (Å²) < 4.78 is 1.70. The van der Waals surface area contributed by atoms with Gasteiger partial charge in [-0.05, 0) is 30.2 Å². The van der Waals surface area contributed by atoms with Crippen LogP contribution in [0.2, 0.25) is 0 Å². The van der Waals surface area contributed by atoms with Crippen LogP contribution in [0.25, 0.3) is 16.9 Å². The lowest BCUT2D eigenvalue weighted by atomic mass is 10.1. The normalized spacial score (nSPS) is 11.2. The zero-order chi connectivity index (χ0) is 22.1. The van der Waals surface area contributed by atoms with E-state index in [1.807, 2.05) is 36.4 Å². The molecule has 3 aromatic carbocycles. The van der Waals surface area contributed by atoms with Gasteiger partial charge in [-0.3, -0.25) is 4.40 Å². The fourth-order valence-corrected chi connectivity index (χ4v) is 3.99. The van der Waals surface area contributed by atoms with Crippen LogP contribution in [0, 0.1) is 6.92 Å². The van der Waals surface area contributed by atoms with E-state index in [0.29, 0.717) is 29.9 Å². The van der Waals surface area contributed by atoms with Gasteiger partial charge in [0.15, 0.2) is 5.65 Å². The molecule has 5 nitrogen and oxygen atoms in total. The molecule has 0 aliphatic carbocycles. The Morgan fingerprint density at radius 3 is 2.28 bits per heavy atom. The van der Waals surface area contributed by atoms with Gasteiger partial charge in [0.25, 0.3) is 0 Å². The van der Waals surface area contributed by atoms with Crippen LogP contribution in [0.3, 0.4) is 0 Å². The number of hydrogen-bond donors (Lipinski definition) is 2. The van der Waals surface area contributed by atoms with Crippen molar-refractivity contribution < 1.29 is 10.2 Å². The molecule has 0 radical (unpaired) electrons. The Balaban J connectivity index is 1.66. The van der Waals surface area contributed by atoms with Gasteiger partial charge in [-0.1, -0.05) is 72.3 Å². The zero-order valence-electron chi connectivity index (χ0n) is 17.7. The number of imidazole rings is 1. The molecule has 0 aliphatic rings. The van der Waals surface area contributed by atoms with Crippen LogP contribution in [-0.2, 0) is 12.8 Å². The van der Waals surface area contributed by atoms with Gasteiger partial charge in [-0.2, -0.15) is 0 Å². The van der Waals surface area contributed by atoms with Crippen molar-refractivity contribution in [1.82, 2.24) is 14.4 Å². The van der Waals surface area contributed by atoms with Crippen molar-refractivity contribution in [3.05, 3.63) is 113 Å². The van der Waals surface area contributed by atoms with E-state index in [0.717, 1.165) is 22.4 Å². The fourth-order valence-electron chi connectivity index (χ4n) is 3.99. The SMILES string of the molecule is Cc1cccc(Cc2nc3c(Cc4ccccc4)nc(-c4cccc(O)c4)cn3c2O)c1. The number of benzene rings is 3. The third kappa shape index (κ3) is 3.93. The van der Waals surface area contributed by atoms with E-state index in [4.69, 9.17) is 9.97 Å². The van der Waals surface area contributed by atoms with E-state index in [-0.39, 0.29) is 11.6 Å². The lowest BCUT2D eigenvalue weighted by molar-refractivity contribution is 0.442. The Morgan fingerprint density at radius 2 is 1.50 bits per heavy atom. The van der Waals surface area contributed by atoms with Crippen molar-refractivity contribution in [3.63, 3.8) is 0 Å². The molecule has 0 saturated heterocycles. The molecule has 32 heavy (non-hydrogen) atoms. The van der Waals surface area contributed by atoms with Gasteiger partial charge in [-0.15, -0.1) is 0 Å². The third-order valence-corrected chi connectivity index (χ3v) is 5.53. The van der Waals surface area contributed by atoms with E-state index in [1.54, 1.807) is 28.8 Å². The number of aromatic hydroxyl groups is 2. The van der Waals surface area contributed by atoms with Crippen LogP contribution >= 0.6 is 0 Å². The van der Waals surface area contributed by atoms with Gasteiger partial charge in [0.2, 0.25) is 5.88 Å². The summed E-state index contributed by atoms with van der Waals surface area (Å²) in [7, 11) is 0. The predicted octanol–water partition coefficient (Wildman–Crippen LogP) is 5.30. The lowest BCUT2D eigenvalue weighted by Crippen LogP contribution is -2.00. The number of aromatic nitrogens is 3. The smallest absolute Gasteiger partial charge is 0.219 e. The van der Waals surface area contributed by atoms with Crippen LogP contribution in [0.4, 0.5) is 0 Å². The molecule has 0 atom stereocenters. The maximum atomic E-state index is 11.1. The minimum Gasteiger partial charge on any atom is -0.508 e. The summed E-state index contributed by atoms with van der Waals surface area (Å²) in [5.74, 6) is 0.281. The fraction of sp³-hybridized carbons (Fsp3) is 0.111. The molecule has 2 aromatic heterocycles. The minimum atomic E-state index is 0.111. The summed E-state index contributed by atoms with van der Waals surface area (Å²) in [6, 6.07) is 25.3. The molecule has 2 N–H and O–H groups in total. The monoisotopic (exact) mass is 421 g/mol. The number of phenolic OH excluding ortho intramolecular Hbond substituents is 1. The molecular weight excluding hydrogens is 398 g/mol. The number of hydrogen-bond acceptors (Lipinski definition) is 4. The largest absolute Gasteiger partial charge is 0.508 e. The van der Waals surface area contributed by atoms with Crippen molar-refractivity contribution in [2.24, 2.45) is 0 Å². The van der Waals surface area contributed by atoms with Crippen LogP contribution in [0.5, 0.6) is 11.6 Å². The van der Waals surface area contributed by atoms with E-state index in [2.05, 4.69) is 31.2 Å². The second-order valence-corrected chi connectivity index (χ2v) is 8.03. The predicted molar refractivity (Wildman–Crippen MR) is 125 cm³/mol. The summed E-state index contributed by atoms with van der Waals surface area (Å²) >= 11 is 0. The number of aryl methyl sites for hydroxylation is 1. The summed E-state index contributed by atoms with van der Waals surface area (Å²) in [6.45, 7) is 2.05. The molecule has 0 fully saturated rings. The van der Waals surface area contributed by atoms with Gasteiger partial charge in [0, 0.05) is 24.6 Å². The standard InChI is InChI=1S/C27H23N3O2/c1-18-7-5-10-20(13-18)15-24-27(32)30-17-25(21-11-6-12-22(31)16-21)28-23(26(30)29-24)14-19-8-3-2-4-9-19/h2-13,16-17,31-32H,14-15H2,1H3. The zero-order valence-corrected chi connectivity index (χ0v) is 17.7. The maximum Gasteiger partial charge on any atom is 0.219 e. The highest BCUT2D eigenvalue weighted by Gasteiger charge is 2.18. The highest BCUT2D eigenvalue weighted by Crippen LogP contribution is 2.29. The van der Waals surface area contributed by atoms with Gasteiger partial charge < -0.3 is 10.2 Å². The van der Waals surface area contributed by atoms with Crippen LogP contribution in [0.1, 0.15) is 28.1 Å². The second-order valence-electron chi connectivity index (χ2n) is 8.03. The van der Waals surface area contributed by atoms with Crippen molar-refractivity contribution in [3.8, 4) is 22.9 Å². The van der Waals surface area contributed by atoms with Crippen LogP contribution in [0.15, 0.2) is 85.1 Å². The van der Waals surface area contributed by atoms with E-state index in [1.165, 1.54) is 5.56 Å². The maximum absolute atomic E-state index is 11.1. The molecule has 0 bridgehead atoms. The van der Waals surface area contributed by atoms with Gasteiger partial charge in [0.05, 0.1) is 11.4 Å².